The molecule has 0 saturated heterocycles. The number of para-hydroxylation sites is 1. The lowest BCUT2D eigenvalue weighted by molar-refractivity contribution is -0.122. The van der Waals surface area contributed by atoms with Gasteiger partial charge in [0.1, 0.15) is 17.2 Å². The van der Waals surface area contributed by atoms with Crippen molar-refractivity contribution in [2.45, 2.75) is 18.9 Å². The monoisotopic (exact) mass is 403 g/mol. The third kappa shape index (κ3) is 3.29. The molecule has 0 aliphatic carbocycles. The van der Waals surface area contributed by atoms with Crippen LogP contribution in [0.5, 0.6) is 11.5 Å². The Hall–Kier alpha value is -3.40. The highest BCUT2D eigenvalue weighted by atomic mass is 32.2. The molecule has 28 heavy (non-hydrogen) atoms. The van der Waals surface area contributed by atoms with E-state index >= 15 is 0 Å². The lowest BCUT2D eigenvalue weighted by Crippen LogP contribution is -2.32. The Kier molecular flexibility index (Phi) is 4.27. The van der Waals surface area contributed by atoms with Crippen LogP contribution in [0.15, 0.2) is 54.5 Å². The molecule has 2 heterocycles. The molecule has 0 saturated carbocycles. The minimum absolute atomic E-state index is 0.0679. The number of carbonyl (C=O) groups is 1. The summed E-state index contributed by atoms with van der Waals surface area (Å²) in [5.74, 6) is -1.03. The van der Waals surface area contributed by atoms with Crippen molar-refractivity contribution in [2.75, 3.05) is 9.62 Å². The van der Waals surface area contributed by atoms with Gasteiger partial charge in [-0.05, 0) is 36.6 Å². The Bertz CT molecular complexity index is 1080. The summed E-state index contributed by atoms with van der Waals surface area (Å²) in [6.07, 6.45) is 1.26. The molecule has 10 heteroatoms. The second kappa shape index (κ2) is 6.64. The summed E-state index contributed by atoms with van der Waals surface area (Å²) in [5.41, 5.74) is 1.69. The van der Waals surface area contributed by atoms with Crippen molar-refractivity contribution >= 4 is 27.5 Å². The molecule has 0 radical (unpaired) electrons. The third-order valence-corrected chi connectivity index (χ3v) is 5.73. The van der Waals surface area contributed by atoms with E-state index in [-0.39, 0.29) is 23.1 Å². The first-order valence-electron chi connectivity index (χ1n) is 8.45. The van der Waals surface area contributed by atoms with Crippen LogP contribution in [0, 0.1) is 0 Å². The van der Waals surface area contributed by atoms with Crippen LogP contribution in [0.2, 0.25) is 0 Å². The average molecular weight is 403 g/mol. The lowest BCUT2D eigenvalue weighted by atomic mass is 10.1. The van der Waals surface area contributed by atoms with E-state index in [9.17, 15) is 23.4 Å². The number of benzene rings is 2. The summed E-state index contributed by atoms with van der Waals surface area (Å²) in [6.45, 7) is 0. The zero-order valence-electron chi connectivity index (χ0n) is 14.5. The molecule has 2 aromatic carbocycles. The van der Waals surface area contributed by atoms with Gasteiger partial charge in [0.05, 0.1) is 6.20 Å². The number of rotatable bonds is 3. The molecule has 1 atom stereocenters. The number of carbonyl (C=O) groups excluding carboxylic acids is 1. The van der Waals surface area contributed by atoms with Crippen molar-refractivity contribution in [2.24, 2.45) is 0 Å². The van der Waals surface area contributed by atoms with Gasteiger partial charge in [0.25, 0.3) is 5.91 Å². The van der Waals surface area contributed by atoms with Gasteiger partial charge in [-0.2, -0.15) is 8.42 Å². The number of ether oxygens (including phenoxy) is 1. The highest BCUT2D eigenvalue weighted by Crippen LogP contribution is 2.35. The standard InChI is InChI=1S/C18H17N3O6S/c22-15-9-12(6-7-14(15)21-10-17(23)20-28(21,25)26)27-16-8-5-11-3-1-2-4-13(11)19-18(16)24/h1-4,6-7,9-10,16,20,22-23H,5,8H2,(H,19,24). The molecule has 0 spiro atoms. The third-order valence-electron chi connectivity index (χ3n) is 4.44. The fraction of sp³-hybridized carbons (Fsp3) is 0.167. The Labute approximate surface area is 161 Å². The number of nitrogens with one attached hydrogen (secondary N) is 2. The van der Waals surface area contributed by atoms with Crippen molar-refractivity contribution in [3.8, 4) is 11.5 Å². The molecule has 9 nitrogen and oxygen atoms in total. The summed E-state index contributed by atoms with van der Waals surface area (Å²) < 4.78 is 32.2. The van der Waals surface area contributed by atoms with Gasteiger partial charge < -0.3 is 20.3 Å². The normalized spacial score (nSPS) is 20.4. The van der Waals surface area contributed by atoms with Crippen LogP contribution < -0.4 is 19.1 Å². The molecule has 1 amide bonds. The lowest BCUT2D eigenvalue weighted by Gasteiger charge is -2.19. The summed E-state index contributed by atoms with van der Waals surface area (Å²) in [7, 11) is -4.02. The molecule has 1 unspecified atom stereocenters. The number of aryl methyl sites for hydroxylation is 1. The van der Waals surface area contributed by atoms with Gasteiger partial charge in [0.2, 0.25) is 5.88 Å². The number of amides is 1. The Balaban J connectivity index is 1.54. The smallest absolute Gasteiger partial charge is 0.330 e. The maximum absolute atomic E-state index is 12.4. The number of aliphatic hydroxyl groups excluding tert-OH is 1. The number of hydrogen-bond acceptors (Lipinski definition) is 6. The van der Waals surface area contributed by atoms with E-state index in [4.69, 9.17) is 4.74 Å². The molecule has 0 aromatic heterocycles. The Morgan fingerprint density at radius 2 is 1.93 bits per heavy atom. The number of aliphatic hydroxyl groups is 1. The topological polar surface area (TPSA) is 128 Å². The summed E-state index contributed by atoms with van der Waals surface area (Å²) in [4.78, 5) is 12.4. The van der Waals surface area contributed by atoms with Crippen molar-refractivity contribution in [3.63, 3.8) is 0 Å². The van der Waals surface area contributed by atoms with E-state index in [0.717, 1.165) is 17.5 Å². The Morgan fingerprint density at radius 1 is 1.14 bits per heavy atom. The number of phenols is 1. The molecule has 4 rings (SSSR count). The van der Waals surface area contributed by atoms with Crippen LogP contribution in [0.25, 0.3) is 0 Å². The number of anilines is 2. The van der Waals surface area contributed by atoms with E-state index in [2.05, 4.69) is 5.32 Å². The number of aromatic hydroxyl groups is 1. The largest absolute Gasteiger partial charge is 0.506 e. The van der Waals surface area contributed by atoms with Crippen molar-refractivity contribution < 1.29 is 28.2 Å². The van der Waals surface area contributed by atoms with Crippen LogP contribution in [-0.4, -0.2) is 30.6 Å². The minimum atomic E-state index is -4.02. The molecule has 2 aromatic rings. The molecule has 4 N–H and O–H groups in total. The number of nitrogens with zero attached hydrogens (tertiary/aromatic N) is 1. The fourth-order valence-electron chi connectivity index (χ4n) is 3.12. The second-order valence-corrected chi connectivity index (χ2v) is 7.91. The van der Waals surface area contributed by atoms with Gasteiger partial charge in [-0.1, -0.05) is 18.2 Å². The fourth-order valence-corrected chi connectivity index (χ4v) is 4.19. The van der Waals surface area contributed by atoms with Crippen LogP contribution in [0.4, 0.5) is 11.4 Å². The first-order chi connectivity index (χ1) is 13.3. The molecule has 0 fully saturated rings. The van der Waals surface area contributed by atoms with Gasteiger partial charge in [-0.3, -0.25) is 4.79 Å². The Morgan fingerprint density at radius 3 is 2.64 bits per heavy atom. The maximum atomic E-state index is 12.4. The zero-order valence-corrected chi connectivity index (χ0v) is 15.3. The van der Waals surface area contributed by atoms with E-state index in [0.29, 0.717) is 17.1 Å². The molecule has 2 aliphatic rings. The van der Waals surface area contributed by atoms with Crippen LogP contribution in [0.3, 0.4) is 0 Å². The van der Waals surface area contributed by atoms with Crippen molar-refractivity contribution in [3.05, 3.63) is 60.1 Å². The van der Waals surface area contributed by atoms with Crippen molar-refractivity contribution in [1.82, 2.24) is 4.72 Å². The van der Waals surface area contributed by atoms with E-state index in [1.807, 2.05) is 29.0 Å². The molecule has 0 bridgehead atoms. The van der Waals surface area contributed by atoms with Gasteiger partial charge in [0.15, 0.2) is 6.10 Å². The number of hydrogen-bond donors (Lipinski definition) is 4. The molecular weight excluding hydrogens is 386 g/mol. The van der Waals surface area contributed by atoms with Gasteiger partial charge in [-0.25, -0.2) is 9.03 Å². The molecule has 146 valence electrons. The van der Waals surface area contributed by atoms with Crippen LogP contribution in [0.1, 0.15) is 12.0 Å². The molecular formula is C18H17N3O6S. The van der Waals surface area contributed by atoms with E-state index < -0.39 is 22.2 Å². The van der Waals surface area contributed by atoms with Crippen LogP contribution >= 0.6 is 0 Å². The van der Waals surface area contributed by atoms with E-state index in [1.165, 1.54) is 18.2 Å². The SMILES string of the molecule is O=C1Nc2ccccc2CCC1Oc1ccc(N2C=C(O)NS2(=O)=O)c(O)c1. The van der Waals surface area contributed by atoms with Crippen molar-refractivity contribution in [1.29, 1.82) is 0 Å². The quantitative estimate of drug-likeness (QED) is 0.618. The first kappa shape index (κ1) is 18.0. The number of phenolic OH excluding ortho intramolecular Hbond substituents is 1. The van der Waals surface area contributed by atoms with Gasteiger partial charge in [-0.15, -0.1) is 0 Å². The van der Waals surface area contributed by atoms with Crippen LogP contribution in [-0.2, 0) is 21.4 Å². The van der Waals surface area contributed by atoms with E-state index in [1.54, 1.807) is 0 Å². The van der Waals surface area contributed by atoms with Gasteiger partial charge in [0, 0.05) is 11.8 Å². The highest BCUT2D eigenvalue weighted by Gasteiger charge is 2.31. The second-order valence-electron chi connectivity index (χ2n) is 6.36. The van der Waals surface area contributed by atoms with Gasteiger partial charge >= 0.3 is 10.2 Å². The first-order valence-corrected chi connectivity index (χ1v) is 9.89. The summed E-state index contributed by atoms with van der Waals surface area (Å²) in [5, 5.41) is 22.4. The summed E-state index contributed by atoms with van der Waals surface area (Å²) in [6, 6.07) is 11.5. The summed E-state index contributed by atoms with van der Waals surface area (Å²) >= 11 is 0. The maximum Gasteiger partial charge on any atom is 0.330 e. The predicted molar refractivity (Wildman–Crippen MR) is 101 cm³/mol. The minimum Gasteiger partial charge on any atom is -0.506 e. The molecule has 2 aliphatic heterocycles. The zero-order chi connectivity index (χ0) is 19.9. The average Bonchev–Trinajstić information content (AvgIpc) is 2.81. The highest BCUT2D eigenvalue weighted by molar-refractivity contribution is 7.91. The predicted octanol–water partition coefficient (Wildman–Crippen LogP) is 1.74. The number of fused-ring (bicyclic) bond motifs is 1.